The summed E-state index contributed by atoms with van der Waals surface area (Å²) in [6.45, 7) is 2.01. The van der Waals surface area contributed by atoms with Crippen LogP contribution in [-0.4, -0.2) is 60.3 Å². The van der Waals surface area contributed by atoms with Crippen molar-refractivity contribution in [2.75, 3.05) is 26.2 Å². The molecule has 2 rings (SSSR count). The summed E-state index contributed by atoms with van der Waals surface area (Å²) in [5.41, 5.74) is 0. The number of carbonyl (C=O) groups excluding carboxylic acids is 1. The molecule has 0 radical (unpaired) electrons. The molecule has 2 aliphatic rings. The van der Waals surface area contributed by atoms with Gasteiger partial charge in [-0.1, -0.05) is 6.42 Å². The van der Waals surface area contributed by atoms with Crippen molar-refractivity contribution in [3.8, 4) is 0 Å². The maximum Gasteiger partial charge on any atom is 0.329 e. The van der Waals surface area contributed by atoms with Gasteiger partial charge < -0.3 is 20.1 Å². The Bertz CT molecular complexity index is 321. The Morgan fingerprint density at radius 3 is 2.53 bits per heavy atom. The molecule has 0 spiro atoms. The summed E-state index contributed by atoms with van der Waals surface area (Å²) < 4.78 is 5.26. The summed E-state index contributed by atoms with van der Waals surface area (Å²) in [6.07, 6.45) is 4.61. The maximum absolute atomic E-state index is 12.3. The summed E-state index contributed by atoms with van der Waals surface area (Å²) in [7, 11) is 0. The van der Waals surface area contributed by atoms with Crippen molar-refractivity contribution < 1.29 is 19.4 Å². The Labute approximate surface area is 113 Å². The fourth-order valence-corrected chi connectivity index (χ4v) is 2.71. The number of nitrogens with one attached hydrogen (secondary N) is 1. The first-order valence-corrected chi connectivity index (χ1v) is 7.02. The van der Waals surface area contributed by atoms with E-state index in [0.717, 1.165) is 38.6 Å². The molecule has 2 heterocycles. The SMILES string of the molecule is O=C(O)COC1CCN(C(=O)C2CCCCN2)CC1. The lowest BCUT2D eigenvalue weighted by Crippen LogP contribution is -2.51. The number of carboxylic acid groups (broad SMARTS) is 1. The van der Waals surface area contributed by atoms with E-state index >= 15 is 0 Å². The number of rotatable bonds is 4. The molecular weight excluding hydrogens is 248 g/mol. The van der Waals surface area contributed by atoms with Crippen molar-refractivity contribution in [1.82, 2.24) is 10.2 Å². The second-order valence-corrected chi connectivity index (χ2v) is 5.23. The lowest BCUT2D eigenvalue weighted by atomic mass is 10.0. The van der Waals surface area contributed by atoms with Crippen LogP contribution in [0.5, 0.6) is 0 Å². The molecule has 0 aromatic heterocycles. The number of ether oxygens (including phenoxy) is 1. The zero-order chi connectivity index (χ0) is 13.7. The van der Waals surface area contributed by atoms with Gasteiger partial charge in [-0.25, -0.2) is 4.79 Å². The molecule has 0 aliphatic carbocycles. The number of likely N-dealkylation sites (tertiary alicyclic amines) is 1. The lowest BCUT2D eigenvalue weighted by molar-refractivity contribution is -0.147. The minimum Gasteiger partial charge on any atom is -0.480 e. The van der Waals surface area contributed by atoms with Crippen LogP contribution in [0.1, 0.15) is 32.1 Å². The van der Waals surface area contributed by atoms with E-state index in [2.05, 4.69) is 5.32 Å². The summed E-state index contributed by atoms with van der Waals surface area (Å²) in [5.74, 6) is -0.749. The van der Waals surface area contributed by atoms with Crippen LogP contribution in [0.25, 0.3) is 0 Å². The van der Waals surface area contributed by atoms with Gasteiger partial charge in [0.25, 0.3) is 0 Å². The van der Waals surface area contributed by atoms with E-state index in [1.165, 1.54) is 0 Å². The average molecular weight is 270 g/mol. The van der Waals surface area contributed by atoms with Crippen LogP contribution in [0, 0.1) is 0 Å². The molecule has 6 heteroatoms. The van der Waals surface area contributed by atoms with Gasteiger partial charge in [0.15, 0.2) is 0 Å². The molecule has 1 unspecified atom stereocenters. The molecule has 1 atom stereocenters. The minimum absolute atomic E-state index is 0.0229. The summed E-state index contributed by atoms with van der Waals surface area (Å²) >= 11 is 0. The zero-order valence-corrected chi connectivity index (χ0v) is 11.1. The molecule has 108 valence electrons. The predicted octanol–water partition coefficient (Wildman–Crippen LogP) is 0.221. The fourth-order valence-electron chi connectivity index (χ4n) is 2.71. The Morgan fingerprint density at radius 2 is 1.95 bits per heavy atom. The number of aliphatic carboxylic acids is 1. The van der Waals surface area contributed by atoms with Gasteiger partial charge in [0.1, 0.15) is 6.61 Å². The molecule has 0 aromatic carbocycles. The van der Waals surface area contributed by atoms with Gasteiger partial charge >= 0.3 is 5.97 Å². The fraction of sp³-hybridized carbons (Fsp3) is 0.846. The van der Waals surface area contributed by atoms with Gasteiger partial charge in [-0.15, -0.1) is 0 Å². The Hall–Kier alpha value is -1.14. The number of nitrogens with zero attached hydrogens (tertiary/aromatic N) is 1. The number of hydrogen-bond acceptors (Lipinski definition) is 4. The zero-order valence-electron chi connectivity index (χ0n) is 11.1. The molecule has 0 aromatic rings. The van der Waals surface area contributed by atoms with E-state index in [9.17, 15) is 9.59 Å². The highest BCUT2D eigenvalue weighted by Crippen LogP contribution is 2.17. The van der Waals surface area contributed by atoms with Crippen molar-refractivity contribution >= 4 is 11.9 Å². The minimum atomic E-state index is -0.940. The molecule has 2 N–H and O–H groups in total. The Kier molecular flexibility index (Phi) is 5.15. The third-order valence-electron chi connectivity index (χ3n) is 3.80. The van der Waals surface area contributed by atoms with Gasteiger partial charge in [-0.2, -0.15) is 0 Å². The van der Waals surface area contributed by atoms with Crippen LogP contribution in [0.15, 0.2) is 0 Å². The van der Waals surface area contributed by atoms with Crippen molar-refractivity contribution in [1.29, 1.82) is 0 Å². The van der Waals surface area contributed by atoms with Crippen molar-refractivity contribution in [3.05, 3.63) is 0 Å². The number of carboxylic acids is 1. The summed E-state index contributed by atoms with van der Waals surface area (Å²) in [6, 6.07) is -0.0229. The molecule has 0 saturated carbocycles. The maximum atomic E-state index is 12.3. The van der Waals surface area contributed by atoms with E-state index in [1.807, 2.05) is 4.90 Å². The van der Waals surface area contributed by atoms with Gasteiger partial charge in [-0.3, -0.25) is 4.79 Å². The largest absolute Gasteiger partial charge is 0.480 e. The summed E-state index contributed by atoms with van der Waals surface area (Å²) in [4.78, 5) is 24.6. The van der Waals surface area contributed by atoms with Crippen molar-refractivity contribution in [3.63, 3.8) is 0 Å². The van der Waals surface area contributed by atoms with Gasteiger partial charge in [0.05, 0.1) is 12.1 Å². The highest BCUT2D eigenvalue weighted by molar-refractivity contribution is 5.82. The highest BCUT2D eigenvalue weighted by Gasteiger charge is 2.29. The second-order valence-electron chi connectivity index (χ2n) is 5.23. The predicted molar refractivity (Wildman–Crippen MR) is 68.8 cm³/mol. The topological polar surface area (TPSA) is 78.9 Å². The second kappa shape index (κ2) is 6.86. The number of piperidine rings is 2. The molecule has 2 fully saturated rings. The van der Waals surface area contributed by atoms with Crippen molar-refractivity contribution in [2.24, 2.45) is 0 Å². The molecular formula is C13H22N2O4. The number of amides is 1. The van der Waals surface area contributed by atoms with Gasteiger partial charge in [0, 0.05) is 13.1 Å². The Balaban J connectivity index is 1.72. The third kappa shape index (κ3) is 4.18. The first-order chi connectivity index (χ1) is 9.16. The molecule has 2 aliphatic heterocycles. The quantitative estimate of drug-likeness (QED) is 0.764. The molecule has 1 amide bonds. The normalized spacial score (nSPS) is 25.3. The van der Waals surface area contributed by atoms with Crippen molar-refractivity contribution in [2.45, 2.75) is 44.2 Å². The highest BCUT2D eigenvalue weighted by atomic mass is 16.5. The van der Waals surface area contributed by atoms with Crippen LogP contribution >= 0.6 is 0 Å². The first-order valence-electron chi connectivity index (χ1n) is 7.02. The standard InChI is InChI=1S/C13H22N2O4/c16-12(17)9-19-10-4-7-15(8-5-10)13(18)11-3-1-2-6-14-11/h10-11,14H,1-9H2,(H,16,17). The average Bonchev–Trinajstić information content (AvgIpc) is 2.46. The van der Waals surface area contributed by atoms with Crippen LogP contribution in [0.3, 0.4) is 0 Å². The molecule has 2 saturated heterocycles. The summed E-state index contributed by atoms with van der Waals surface area (Å²) in [5, 5.41) is 11.8. The third-order valence-corrected chi connectivity index (χ3v) is 3.80. The van der Waals surface area contributed by atoms with E-state index < -0.39 is 5.97 Å². The smallest absolute Gasteiger partial charge is 0.329 e. The lowest BCUT2D eigenvalue weighted by Gasteiger charge is -2.35. The van der Waals surface area contributed by atoms with Crippen LogP contribution < -0.4 is 5.32 Å². The molecule has 0 bridgehead atoms. The van der Waals surface area contributed by atoms with E-state index in [4.69, 9.17) is 9.84 Å². The van der Waals surface area contributed by atoms with Crippen LogP contribution in [0.2, 0.25) is 0 Å². The Morgan fingerprint density at radius 1 is 1.21 bits per heavy atom. The van der Waals surface area contributed by atoms with E-state index in [0.29, 0.717) is 13.1 Å². The van der Waals surface area contributed by atoms with E-state index in [-0.39, 0.29) is 24.7 Å². The molecule has 19 heavy (non-hydrogen) atoms. The number of hydrogen-bond donors (Lipinski definition) is 2. The first kappa shape index (κ1) is 14.3. The van der Waals surface area contributed by atoms with E-state index in [1.54, 1.807) is 0 Å². The number of carbonyl (C=O) groups is 2. The van der Waals surface area contributed by atoms with Gasteiger partial charge in [0.2, 0.25) is 5.91 Å². The van der Waals surface area contributed by atoms with Crippen LogP contribution in [-0.2, 0) is 14.3 Å². The van der Waals surface area contributed by atoms with Gasteiger partial charge in [-0.05, 0) is 32.2 Å². The van der Waals surface area contributed by atoms with Crippen LogP contribution in [0.4, 0.5) is 0 Å². The monoisotopic (exact) mass is 270 g/mol. The molecule has 6 nitrogen and oxygen atoms in total.